The summed E-state index contributed by atoms with van der Waals surface area (Å²) in [5.41, 5.74) is 1.37. The van der Waals surface area contributed by atoms with Crippen molar-refractivity contribution in [2.75, 3.05) is 13.1 Å². The van der Waals surface area contributed by atoms with Crippen LogP contribution in [0.25, 0.3) is 0 Å². The average molecular weight is 323 g/mol. The van der Waals surface area contributed by atoms with Crippen LogP contribution in [0.5, 0.6) is 0 Å². The van der Waals surface area contributed by atoms with E-state index in [-0.39, 0.29) is 23.9 Å². The van der Waals surface area contributed by atoms with Gasteiger partial charge in [0.1, 0.15) is 0 Å². The van der Waals surface area contributed by atoms with Crippen LogP contribution in [0.3, 0.4) is 0 Å². The highest BCUT2D eigenvalue weighted by Gasteiger charge is 2.38. The quantitative estimate of drug-likeness (QED) is 0.845. The van der Waals surface area contributed by atoms with Gasteiger partial charge in [0, 0.05) is 12.0 Å². The first-order valence-corrected chi connectivity index (χ1v) is 8.31. The highest BCUT2D eigenvalue weighted by Crippen LogP contribution is 2.35. The maximum atomic E-state index is 12.3. The van der Waals surface area contributed by atoms with Gasteiger partial charge in [-0.2, -0.15) is 0 Å². The van der Waals surface area contributed by atoms with Crippen LogP contribution in [-0.4, -0.2) is 24.5 Å². The van der Waals surface area contributed by atoms with Gasteiger partial charge in [0.25, 0.3) is 0 Å². The van der Waals surface area contributed by atoms with Crippen molar-refractivity contribution in [3.63, 3.8) is 0 Å². The Balaban J connectivity index is 0.00000176. The number of rotatable bonds is 6. The second kappa shape index (κ2) is 7.98. The Kier molecular flexibility index (Phi) is 6.27. The molecule has 1 aromatic carbocycles. The van der Waals surface area contributed by atoms with Crippen molar-refractivity contribution in [3.8, 4) is 0 Å². The number of carbonyl (C=O) groups is 1. The molecule has 2 fully saturated rings. The first-order chi connectivity index (χ1) is 10.3. The van der Waals surface area contributed by atoms with E-state index in [0.717, 1.165) is 38.8 Å². The maximum Gasteiger partial charge on any atom is 0.220 e. The van der Waals surface area contributed by atoms with Crippen LogP contribution in [0.4, 0.5) is 0 Å². The van der Waals surface area contributed by atoms with E-state index in [1.807, 2.05) is 6.07 Å². The van der Waals surface area contributed by atoms with Crippen LogP contribution in [-0.2, 0) is 11.2 Å². The predicted molar refractivity (Wildman–Crippen MR) is 92.3 cm³/mol. The standard InChI is InChI=1S/C18H26N2O.ClH/c21-17(8-7-16-9-12-19-14-16)20-18(10-4-11-18)13-15-5-2-1-3-6-15;/h1-3,5-6,16,19H,4,7-14H2,(H,20,21);1H. The summed E-state index contributed by atoms with van der Waals surface area (Å²) in [4.78, 5) is 12.3. The van der Waals surface area contributed by atoms with Crippen molar-refractivity contribution >= 4 is 18.3 Å². The van der Waals surface area contributed by atoms with Gasteiger partial charge in [0.15, 0.2) is 0 Å². The third kappa shape index (κ3) is 4.47. The number of carbonyl (C=O) groups excluding carboxylic acids is 1. The molecule has 1 aromatic rings. The third-order valence-electron chi connectivity index (χ3n) is 5.04. The van der Waals surface area contributed by atoms with Crippen molar-refractivity contribution in [2.24, 2.45) is 5.92 Å². The molecule has 1 saturated heterocycles. The average Bonchev–Trinajstić information content (AvgIpc) is 2.97. The van der Waals surface area contributed by atoms with Gasteiger partial charge in [-0.25, -0.2) is 0 Å². The van der Waals surface area contributed by atoms with E-state index in [2.05, 4.69) is 34.9 Å². The van der Waals surface area contributed by atoms with E-state index in [9.17, 15) is 4.79 Å². The fraction of sp³-hybridized carbons (Fsp3) is 0.611. The first kappa shape index (κ1) is 17.3. The SMILES string of the molecule is Cl.O=C(CCC1CCNC1)NC1(Cc2ccccc2)CCC1. The van der Waals surface area contributed by atoms with Crippen LogP contribution in [0.15, 0.2) is 30.3 Å². The maximum absolute atomic E-state index is 12.3. The molecular weight excluding hydrogens is 296 g/mol. The zero-order chi connectivity index (χ0) is 14.5. The van der Waals surface area contributed by atoms with Crippen LogP contribution < -0.4 is 10.6 Å². The van der Waals surface area contributed by atoms with Crippen molar-refractivity contribution in [1.82, 2.24) is 10.6 Å². The number of hydrogen-bond donors (Lipinski definition) is 2. The molecule has 0 aromatic heterocycles. The molecule has 0 radical (unpaired) electrons. The Morgan fingerprint density at radius 3 is 2.64 bits per heavy atom. The lowest BCUT2D eigenvalue weighted by atomic mass is 9.72. The second-order valence-corrected chi connectivity index (χ2v) is 6.74. The van der Waals surface area contributed by atoms with E-state index < -0.39 is 0 Å². The number of halogens is 1. The summed E-state index contributed by atoms with van der Waals surface area (Å²) in [6.07, 6.45) is 7.40. The van der Waals surface area contributed by atoms with Gasteiger partial charge in [-0.15, -0.1) is 12.4 Å². The molecular formula is C18H27ClN2O. The largest absolute Gasteiger partial charge is 0.350 e. The molecule has 1 saturated carbocycles. The van der Waals surface area contributed by atoms with Gasteiger partial charge in [-0.3, -0.25) is 4.79 Å². The summed E-state index contributed by atoms with van der Waals surface area (Å²) in [6, 6.07) is 10.5. The number of amides is 1. The van der Waals surface area contributed by atoms with Crippen LogP contribution in [0.2, 0.25) is 0 Å². The molecule has 1 atom stereocenters. The Bertz CT molecular complexity index is 467. The fourth-order valence-corrected chi connectivity index (χ4v) is 3.59. The van der Waals surface area contributed by atoms with Crippen molar-refractivity contribution < 1.29 is 4.79 Å². The first-order valence-electron chi connectivity index (χ1n) is 8.31. The molecule has 1 aliphatic carbocycles. The molecule has 22 heavy (non-hydrogen) atoms. The van der Waals surface area contributed by atoms with Gasteiger partial charge < -0.3 is 10.6 Å². The van der Waals surface area contributed by atoms with Gasteiger partial charge in [-0.05, 0) is 63.1 Å². The lowest BCUT2D eigenvalue weighted by Gasteiger charge is -2.43. The number of hydrogen-bond acceptors (Lipinski definition) is 2. The normalized spacial score (nSPS) is 22.5. The van der Waals surface area contributed by atoms with Crippen LogP contribution >= 0.6 is 12.4 Å². The Hall–Kier alpha value is -1.06. The Morgan fingerprint density at radius 1 is 1.27 bits per heavy atom. The van der Waals surface area contributed by atoms with E-state index >= 15 is 0 Å². The molecule has 0 spiro atoms. The van der Waals surface area contributed by atoms with Crippen LogP contribution in [0, 0.1) is 5.92 Å². The van der Waals surface area contributed by atoms with Crippen molar-refractivity contribution in [2.45, 2.75) is 50.5 Å². The summed E-state index contributed by atoms with van der Waals surface area (Å²) in [5.74, 6) is 0.944. The summed E-state index contributed by atoms with van der Waals surface area (Å²) in [6.45, 7) is 2.20. The zero-order valence-corrected chi connectivity index (χ0v) is 14.0. The molecule has 3 nitrogen and oxygen atoms in total. The number of benzene rings is 1. The minimum Gasteiger partial charge on any atom is -0.350 e. The molecule has 0 bridgehead atoms. The van der Waals surface area contributed by atoms with Gasteiger partial charge in [0.05, 0.1) is 0 Å². The number of nitrogens with one attached hydrogen (secondary N) is 2. The molecule has 2 N–H and O–H groups in total. The zero-order valence-electron chi connectivity index (χ0n) is 13.1. The highest BCUT2D eigenvalue weighted by atomic mass is 35.5. The molecule has 1 aliphatic heterocycles. The summed E-state index contributed by atoms with van der Waals surface area (Å²) >= 11 is 0. The molecule has 1 unspecified atom stereocenters. The van der Waals surface area contributed by atoms with Crippen LogP contribution in [0.1, 0.15) is 44.1 Å². The van der Waals surface area contributed by atoms with Gasteiger partial charge in [0.2, 0.25) is 5.91 Å². The van der Waals surface area contributed by atoms with E-state index in [0.29, 0.717) is 12.3 Å². The monoisotopic (exact) mass is 322 g/mol. The third-order valence-corrected chi connectivity index (χ3v) is 5.04. The Morgan fingerprint density at radius 2 is 2.05 bits per heavy atom. The molecule has 122 valence electrons. The molecule has 1 heterocycles. The lowest BCUT2D eigenvalue weighted by molar-refractivity contribution is -0.124. The molecule has 4 heteroatoms. The van der Waals surface area contributed by atoms with Gasteiger partial charge >= 0.3 is 0 Å². The predicted octanol–water partition coefficient (Wildman–Crippen LogP) is 3.08. The van der Waals surface area contributed by atoms with Gasteiger partial charge in [-0.1, -0.05) is 30.3 Å². The second-order valence-electron chi connectivity index (χ2n) is 6.74. The minimum atomic E-state index is 0. The van der Waals surface area contributed by atoms with E-state index in [1.165, 1.54) is 18.4 Å². The lowest BCUT2D eigenvalue weighted by Crippen LogP contribution is -2.55. The summed E-state index contributed by atoms with van der Waals surface area (Å²) in [7, 11) is 0. The molecule has 1 amide bonds. The topological polar surface area (TPSA) is 41.1 Å². The highest BCUT2D eigenvalue weighted by molar-refractivity contribution is 5.85. The minimum absolute atomic E-state index is 0. The summed E-state index contributed by atoms with van der Waals surface area (Å²) < 4.78 is 0. The summed E-state index contributed by atoms with van der Waals surface area (Å²) in [5, 5.41) is 6.71. The van der Waals surface area contributed by atoms with E-state index in [4.69, 9.17) is 0 Å². The molecule has 3 rings (SSSR count). The molecule has 2 aliphatic rings. The van der Waals surface area contributed by atoms with Crippen molar-refractivity contribution in [3.05, 3.63) is 35.9 Å². The fourth-order valence-electron chi connectivity index (χ4n) is 3.59. The smallest absolute Gasteiger partial charge is 0.220 e. The van der Waals surface area contributed by atoms with E-state index in [1.54, 1.807) is 0 Å². The Labute approximate surface area is 139 Å². The van der Waals surface area contributed by atoms with Crippen molar-refractivity contribution in [1.29, 1.82) is 0 Å².